The van der Waals surface area contributed by atoms with Gasteiger partial charge in [0.25, 0.3) is 0 Å². The number of carbonyl (C=O) groups is 2. The van der Waals surface area contributed by atoms with E-state index >= 15 is 0 Å². The highest BCUT2D eigenvalue weighted by atomic mass is 32.1. The van der Waals surface area contributed by atoms with E-state index < -0.39 is 6.09 Å². The van der Waals surface area contributed by atoms with E-state index in [9.17, 15) is 14.9 Å². The van der Waals surface area contributed by atoms with E-state index in [0.29, 0.717) is 35.6 Å². The third-order valence-corrected chi connectivity index (χ3v) is 6.02. The molecule has 0 radical (unpaired) electrons. The zero-order valence-electron chi connectivity index (χ0n) is 16.9. The summed E-state index contributed by atoms with van der Waals surface area (Å²) in [6.07, 6.45) is 8.70. The van der Waals surface area contributed by atoms with E-state index in [1.807, 2.05) is 6.07 Å². The van der Waals surface area contributed by atoms with Gasteiger partial charge in [0.1, 0.15) is 17.2 Å². The maximum absolute atomic E-state index is 12.3. The number of hydrogen-bond acceptors (Lipinski definition) is 8. The molecule has 32 heavy (non-hydrogen) atoms. The Balaban J connectivity index is 1.37. The topological polar surface area (TPSA) is 130 Å². The average Bonchev–Trinajstić information content (AvgIpc) is 3.44. The van der Waals surface area contributed by atoms with Crippen LogP contribution in [0.3, 0.4) is 0 Å². The minimum Gasteiger partial charge on any atom is -0.446 e. The number of anilines is 1. The summed E-state index contributed by atoms with van der Waals surface area (Å²) < 4.78 is 10.4. The summed E-state index contributed by atoms with van der Waals surface area (Å²) in [5.41, 5.74) is 2.18. The number of hydrogen-bond donors (Lipinski definition) is 2. The summed E-state index contributed by atoms with van der Waals surface area (Å²) in [5, 5.41) is 19.1. The van der Waals surface area contributed by atoms with Gasteiger partial charge < -0.3 is 19.9 Å². The molecular formula is C22H19N5O4S. The largest absolute Gasteiger partial charge is 0.446 e. The second-order valence-electron chi connectivity index (χ2n) is 7.03. The third kappa shape index (κ3) is 5.19. The Bertz CT molecular complexity index is 1170. The van der Waals surface area contributed by atoms with Crippen molar-refractivity contribution in [1.29, 1.82) is 5.26 Å². The predicted octanol–water partition coefficient (Wildman–Crippen LogP) is 3.44. The molecule has 0 aliphatic heterocycles. The van der Waals surface area contributed by atoms with Crippen molar-refractivity contribution in [1.82, 2.24) is 15.5 Å². The smallest absolute Gasteiger partial charge is 0.407 e. The first kappa shape index (κ1) is 21.3. The van der Waals surface area contributed by atoms with Crippen molar-refractivity contribution in [3.8, 4) is 6.07 Å². The lowest BCUT2D eigenvalue weighted by Gasteiger charge is -2.22. The van der Waals surface area contributed by atoms with Crippen molar-refractivity contribution >= 4 is 34.4 Å². The molecule has 162 valence electrons. The lowest BCUT2D eigenvalue weighted by molar-refractivity contribution is -0.111. The number of ether oxygens (including phenoxy) is 1. The number of aromatic nitrogens is 2. The lowest BCUT2D eigenvalue weighted by atomic mass is 9.94. The molecule has 9 nitrogen and oxygen atoms in total. The first-order valence-corrected chi connectivity index (χ1v) is 10.7. The van der Waals surface area contributed by atoms with E-state index in [1.165, 1.54) is 23.6 Å². The number of nitrogens with zero attached hydrogens (tertiary/aromatic N) is 3. The van der Waals surface area contributed by atoms with Crippen molar-refractivity contribution in [2.24, 2.45) is 0 Å². The maximum atomic E-state index is 12.3. The van der Waals surface area contributed by atoms with Gasteiger partial charge in [-0.1, -0.05) is 11.2 Å². The minimum atomic E-state index is -0.541. The number of amides is 2. The average molecular weight is 449 g/mol. The summed E-state index contributed by atoms with van der Waals surface area (Å²) >= 11 is 1.34. The summed E-state index contributed by atoms with van der Waals surface area (Å²) in [5.74, 6) is 0.200. The molecule has 0 aromatic carbocycles. The van der Waals surface area contributed by atoms with Crippen molar-refractivity contribution < 1.29 is 18.8 Å². The maximum Gasteiger partial charge on any atom is 0.407 e. The Morgan fingerprint density at radius 3 is 3.03 bits per heavy atom. The van der Waals surface area contributed by atoms with Crippen molar-refractivity contribution in [2.75, 3.05) is 5.32 Å². The van der Waals surface area contributed by atoms with E-state index in [0.717, 1.165) is 16.0 Å². The number of carbonyl (C=O) groups excluding carboxylic acids is 2. The molecule has 1 aliphatic rings. The Hall–Kier alpha value is -3.97. The van der Waals surface area contributed by atoms with Gasteiger partial charge in [-0.25, -0.2) is 4.79 Å². The number of thiophene rings is 1. The minimum absolute atomic E-state index is 0.192. The van der Waals surface area contributed by atoms with Gasteiger partial charge in [-0.15, -0.1) is 11.3 Å². The van der Waals surface area contributed by atoms with Crippen molar-refractivity contribution in [2.45, 2.75) is 31.9 Å². The number of rotatable bonds is 6. The van der Waals surface area contributed by atoms with Crippen LogP contribution in [0.4, 0.5) is 9.80 Å². The van der Waals surface area contributed by atoms with Crippen LogP contribution in [0.5, 0.6) is 0 Å². The molecule has 3 aromatic heterocycles. The van der Waals surface area contributed by atoms with E-state index in [4.69, 9.17) is 9.26 Å². The van der Waals surface area contributed by atoms with Gasteiger partial charge in [0.15, 0.2) is 5.76 Å². The summed E-state index contributed by atoms with van der Waals surface area (Å²) in [4.78, 5) is 29.3. The molecule has 2 amide bonds. The molecule has 3 aromatic rings. The first-order chi connectivity index (χ1) is 15.6. The van der Waals surface area contributed by atoms with Crippen LogP contribution in [0, 0.1) is 11.3 Å². The van der Waals surface area contributed by atoms with Gasteiger partial charge in [0, 0.05) is 35.8 Å². The molecule has 3 heterocycles. The highest BCUT2D eigenvalue weighted by Gasteiger charge is 2.28. The van der Waals surface area contributed by atoms with Crippen molar-refractivity contribution in [3.63, 3.8) is 0 Å². The van der Waals surface area contributed by atoms with Crippen LogP contribution in [0.2, 0.25) is 0 Å². The fraction of sp³-hybridized carbons (Fsp3) is 0.227. The Morgan fingerprint density at radius 1 is 1.38 bits per heavy atom. The third-order valence-electron chi connectivity index (χ3n) is 4.85. The molecule has 1 atom stereocenters. The molecule has 1 unspecified atom stereocenters. The van der Waals surface area contributed by atoms with Crippen LogP contribution in [0.15, 0.2) is 47.4 Å². The molecule has 0 bridgehead atoms. The van der Waals surface area contributed by atoms with E-state index in [2.05, 4.69) is 26.8 Å². The number of nitriles is 1. The summed E-state index contributed by atoms with van der Waals surface area (Å²) in [7, 11) is 0. The van der Waals surface area contributed by atoms with Crippen LogP contribution >= 0.6 is 11.3 Å². The molecule has 1 aliphatic carbocycles. The quantitative estimate of drug-likeness (QED) is 0.551. The van der Waals surface area contributed by atoms with Gasteiger partial charge in [-0.05, 0) is 36.1 Å². The van der Waals surface area contributed by atoms with Crippen LogP contribution < -0.4 is 10.6 Å². The molecule has 0 saturated carbocycles. The van der Waals surface area contributed by atoms with Gasteiger partial charge in [-0.2, -0.15) is 5.26 Å². The fourth-order valence-corrected chi connectivity index (χ4v) is 4.61. The van der Waals surface area contributed by atoms with Gasteiger partial charge in [0.2, 0.25) is 5.91 Å². The Labute approximate surface area is 187 Å². The molecule has 0 saturated heterocycles. The molecule has 0 spiro atoms. The zero-order valence-corrected chi connectivity index (χ0v) is 17.7. The summed E-state index contributed by atoms with van der Waals surface area (Å²) in [6.45, 7) is 0.192. The van der Waals surface area contributed by atoms with Gasteiger partial charge in [-0.3, -0.25) is 9.78 Å². The van der Waals surface area contributed by atoms with Crippen LogP contribution in [-0.4, -0.2) is 28.2 Å². The lowest BCUT2D eigenvalue weighted by Crippen LogP contribution is -2.31. The number of nitrogens with one attached hydrogen (secondary N) is 2. The highest BCUT2D eigenvalue weighted by Crippen LogP contribution is 2.38. The number of alkyl carbamates (subject to hydrolysis) is 1. The second kappa shape index (κ2) is 9.89. The van der Waals surface area contributed by atoms with E-state index in [1.54, 1.807) is 30.6 Å². The van der Waals surface area contributed by atoms with Crippen molar-refractivity contribution in [3.05, 3.63) is 70.2 Å². The predicted molar refractivity (Wildman–Crippen MR) is 117 cm³/mol. The highest BCUT2D eigenvalue weighted by molar-refractivity contribution is 7.16. The van der Waals surface area contributed by atoms with Crippen LogP contribution in [0.1, 0.15) is 33.7 Å². The molecule has 0 fully saturated rings. The van der Waals surface area contributed by atoms with Gasteiger partial charge >= 0.3 is 6.09 Å². The van der Waals surface area contributed by atoms with Gasteiger partial charge in [0.05, 0.1) is 18.3 Å². The first-order valence-electron chi connectivity index (χ1n) is 9.90. The molecular weight excluding hydrogens is 430 g/mol. The van der Waals surface area contributed by atoms with Crippen LogP contribution in [-0.2, 0) is 28.9 Å². The van der Waals surface area contributed by atoms with Crippen LogP contribution in [0.25, 0.3) is 6.08 Å². The SMILES string of the molecule is N#Cc1c(NC(=O)/C=C/c2cccnc2)sc2c1CCC(OC(=O)NCc1ccno1)C2. The second-order valence-corrected chi connectivity index (χ2v) is 8.14. The molecule has 2 N–H and O–H groups in total. The zero-order chi connectivity index (χ0) is 22.3. The standard InChI is InChI=1S/C22H19N5O4S/c23-11-18-17-5-4-15(30-22(29)25-13-16-7-9-26-31-16)10-19(17)32-21(18)27-20(28)6-3-14-2-1-8-24-12-14/h1-3,6-9,12,15H,4-5,10,13H2,(H,25,29)(H,27,28)/b6-3+. The summed E-state index contributed by atoms with van der Waals surface area (Å²) in [6, 6.07) is 7.48. The number of pyridine rings is 1. The fourth-order valence-electron chi connectivity index (χ4n) is 3.35. The monoisotopic (exact) mass is 449 g/mol. The Morgan fingerprint density at radius 2 is 2.28 bits per heavy atom. The number of fused-ring (bicyclic) bond motifs is 1. The Kier molecular flexibility index (Phi) is 6.57. The van der Waals surface area contributed by atoms with E-state index in [-0.39, 0.29) is 18.6 Å². The molecule has 4 rings (SSSR count). The normalized spacial score (nSPS) is 15.0. The molecule has 10 heteroatoms.